The lowest BCUT2D eigenvalue weighted by atomic mass is 9.99. The summed E-state index contributed by atoms with van der Waals surface area (Å²) in [5.41, 5.74) is 0.401. The number of carbonyl (C=O) groups excluding carboxylic acids is 1. The minimum atomic E-state index is -0.379. The molecule has 19 heavy (non-hydrogen) atoms. The molecule has 0 amide bonds. The van der Waals surface area contributed by atoms with Crippen molar-refractivity contribution in [3.8, 4) is 5.88 Å². The number of nitrogens with zero attached hydrogens (tertiary/aromatic N) is 1. The van der Waals surface area contributed by atoms with Crippen molar-refractivity contribution >= 4 is 5.97 Å². The summed E-state index contributed by atoms with van der Waals surface area (Å²) in [7, 11) is 0. The lowest BCUT2D eigenvalue weighted by Gasteiger charge is -2.22. The van der Waals surface area contributed by atoms with Gasteiger partial charge in [-0.3, -0.25) is 0 Å². The molecule has 1 fully saturated rings. The summed E-state index contributed by atoms with van der Waals surface area (Å²) >= 11 is 0. The van der Waals surface area contributed by atoms with Gasteiger partial charge in [0, 0.05) is 6.20 Å². The van der Waals surface area contributed by atoms with E-state index in [0.717, 1.165) is 25.9 Å². The summed E-state index contributed by atoms with van der Waals surface area (Å²) in [6.07, 6.45) is 3.82. The lowest BCUT2D eigenvalue weighted by Crippen LogP contribution is -2.30. The molecule has 0 spiro atoms. The van der Waals surface area contributed by atoms with Crippen LogP contribution in [-0.2, 0) is 4.74 Å². The molecule has 0 bridgehead atoms. The quantitative estimate of drug-likeness (QED) is 0.819. The van der Waals surface area contributed by atoms with E-state index in [9.17, 15) is 4.79 Å². The maximum Gasteiger partial charge on any atom is 0.343 e. The first-order valence-corrected chi connectivity index (χ1v) is 6.77. The van der Waals surface area contributed by atoms with Crippen LogP contribution in [0.4, 0.5) is 0 Å². The number of rotatable bonds is 5. The summed E-state index contributed by atoms with van der Waals surface area (Å²) in [5.74, 6) is 0.522. The van der Waals surface area contributed by atoms with Crippen molar-refractivity contribution in [1.82, 2.24) is 10.3 Å². The second-order valence-corrected chi connectivity index (χ2v) is 4.58. The Morgan fingerprint density at radius 3 is 3.00 bits per heavy atom. The van der Waals surface area contributed by atoms with E-state index in [1.807, 2.05) is 0 Å². The first kappa shape index (κ1) is 13.8. The molecule has 104 valence electrons. The molecule has 0 saturated carbocycles. The Balaban J connectivity index is 1.97. The van der Waals surface area contributed by atoms with E-state index in [0.29, 0.717) is 30.6 Å². The highest BCUT2D eigenvalue weighted by molar-refractivity contribution is 5.91. The van der Waals surface area contributed by atoms with Gasteiger partial charge in [-0.05, 0) is 50.9 Å². The fourth-order valence-electron chi connectivity index (χ4n) is 2.12. The molecule has 0 atom stereocenters. The fraction of sp³-hybridized carbons (Fsp3) is 0.571. The van der Waals surface area contributed by atoms with E-state index in [1.165, 1.54) is 0 Å². The molecule has 2 rings (SSSR count). The highest BCUT2D eigenvalue weighted by atomic mass is 16.5. The van der Waals surface area contributed by atoms with Crippen LogP contribution in [0.1, 0.15) is 30.1 Å². The molecule has 0 aliphatic carbocycles. The number of hydrogen-bond acceptors (Lipinski definition) is 5. The zero-order valence-electron chi connectivity index (χ0n) is 11.2. The van der Waals surface area contributed by atoms with Crippen molar-refractivity contribution in [1.29, 1.82) is 0 Å². The number of aromatic nitrogens is 1. The van der Waals surface area contributed by atoms with E-state index in [2.05, 4.69) is 10.3 Å². The van der Waals surface area contributed by atoms with Gasteiger partial charge < -0.3 is 14.8 Å². The minimum Gasteiger partial charge on any atom is -0.477 e. The van der Waals surface area contributed by atoms with Gasteiger partial charge in [0.05, 0.1) is 13.2 Å². The average Bonchev–Trinajstić information content (AvgIpc) is 2.47. The fourth-order valence-corrected chi connectivity index (χ4v) is 2.12. The van der Waals surface area contributed by atoms with E-state index in [4.69, 9.17) is 9.47 Å². The Morgan fingerprint density at radius 2 is 2.26 bits per heavy atom. The molecule has 1 N–H and O–H groups in total. The van der Waals surface area contributed by atoms with E-state index in [1.54, 1.807) is 25.3 Å². The summed E-state index contributed by atoms with van der Waals surface area (Å²) < 4.78 is 10.7. The number of nitrogens with one attached hydrogen (secondary N) is 1. The third-order valence-corrected chi connectivity index (χ3v) is 3.18. The molecule has 1 aliphatic rings. The normalized spacial score (nSPS) is 16.1. The molecule has 1 saturated heterocycles. The minimum absolute atomic E-state index is 0.349. The predicted octanol–water partition coefficient (Wildman–Crippen LogP) is 1.64. The standard InChI is InChI=1S/C14H20N2O3/c1-2-18-14(17)12-4-3-7-16-13(12)19-10-11-5-8-15-9-6-11/h3-4,7,11,15H,2,5-6,8-10H2,1H3. The molecule has 2 heterocycles. The van der Waals surface area contributed by atoms with Crippen molar-refractivity contribution in [2.75, 3.05) is 26.3 Å². The first-order chi connectivity index (χ1) is 9.31. The Kier molecular flexibility index (Phi) is 5.15. The van der Waals surface area contributed by atoms with Crippen LogP contribution in [0.25, 0.3) is 0 Å². The Morgan fingerprint density at radius 1 is 1.47 bits per heavy atom. The maximum atomic E-state index is 11.8. The van der Waals surface area contributed by atoms with Crippen molar-refractivity contribution in [2.45, 2.75) is 19.8 Å². The number of hydrogen-bond donors (Lipinski definition) is 1. The van der Waals surface area contributed by atoms with Gasteiger partial charge in [0.25, 0.3) is 0 Å². The van der Waals surface area contributed by atoms with Crippen LogP contribution in [0.3, 0.4) is 0 Å². The number of esters is 1. The van der Waals surface area contributed by atoms with Gasteiger partial charge in [0.1, 0.15) is 5.56 Å². The van der Waals surface area contributed by atoms with Crippen molar-refractivity contribution in [2.24, 2.45) is 5.92 Å². The third kappa shape index (κ3) is 3.92. The molecule has 5 nitrogen and oxygen atoms in total. The van der Waals surface area contributed by atoms with Gasteiger partial charge in [-0.25, -0.2) is 9.78 Å². The first-order valence-electron chi connectivity index (χ1n) is 6.77. The summed E-state index contributed by atoms with van der Waals surface area (Å²) in [4.78, 5) is 15.9. The molecule has 0 aromatic carbocycles. The highest BCUT2D eigenvalue weighted by Gasteiger charge is 2.18. The van der Waals surface area contributed by atoms with Crippen LogP contribution in [-0.4, -0.2) is 37.3 Å². The monoisotopic (exact) mass is 264 g/mol. The second kappa shape index (κ2) is 7.09. The zero-order valence-corrected chi connectivity index (χ0v) is 11.2. The number of pyridine rings is 1. The van der Waals surface area contributed by atoms with Gasteiger partial charge in [0.2, 0.25) is 5.88 Å². The van der Waals surface area contributed by atoms with Gasteiger partial charge >= 0.3 is 5.97 Å². The Hall–Kier alpha value is -1.62. The van der Waals surface area contributed by atoms with Crippen LogP contribution in [0.2, 0.25) is 0 Å². The largest absolute Gasteiger partial charge is 0.477 e. The van der Waals surface area contributed by atoms with Crippen LogP contribution in [0.15, 0.2) is 18.3 Å². The molecule has 0 radical (unpaired) electrons. The van der Waals surface area contributed by atoms with Crippen LogP contribution >= 0.6 is 0 Å². The van der Waals surface area contributed by atoms with Crippen LogP contribution in [0.5, 0.6) is 5.88 Å². The predicted molar refractivity (Wildman–Crippen MR) is 71.3 cm³/mol. The van der Waals surface area contributed by atoms with Gasteiger partial charge in [-0.1, -0.05) is 0 Å². The smallest absolute Gasteiger partial charge is 0.343 e. The van der Waals surface area contributed by atoms with Gasteiger partial charge in [-0.15, -0.1) is 0 Å². The van der Waals surface area contributed by atoms with E-state index < -0.39 is 0 Å². The van der Waals surface area contributed by atoms with Crippen molar-refractivity contribution < 1.29 is 14.3 Å². The third-order valence-electron chi connectivity index (χ3n) is 3.18. The molecular weight excluding hydrogens is 244 g/mol. The van der Waals surface area contributed by atoms with E-state index in [-0.39, 0.29) is 5.97 Å². The molecule has 1 aromatic heterocycles. The van der Waals surface area contributed by atoms with Crippen molar-refractivity contribution in [3.05, 3.63) is 23.9 Å². The molecule has 1 aromatic rings. The van der Waals surface area contributed by atoms with Crippen LogP contribution in [0, 0.1) is 5.92 Å². The van der Waals surface area contributed by atoms with Crippen molar-refractivity contribution in [3.63, 3.8) is 0 Å². The van der Waals surface area contributed by atoms with E-state index >= 15 is 0 Å². The zero-order chi connectivity index (χ0) is 13.5. The SMILES string of the molecule is CCOC(=O)c1cccnc1OCC1CCNCC1. The number of ether oxygens (including phenoxy) is 2. The van der Waals surface area contributed by atoms with Gasteiger partial charge in [-0.2, -0.15) is 0 Å². The topological polar surface area (TPSA) is 60.5 Å². The number of piperidine rings is 1. The molecule has 1 aliphatic heterocycles. The second-order valence-electron chi connectivity index (χ2n) is 4.58. The van der Waals surface area contributed by atoms with Gasteiger partial charge in [0.15, 0.2) is 0 Å². The van der Waals surface area contributed by atoms with Crippen LogP contribution < -0.4 is 10.1 Å². The summed E-state index contributed by atoms with van der Waals surface area (Å²) in [6, 6.07) is 3.40. The molecule has 5 heteroatoms. The average molecular weight is 264 g/mol. The summed E-state index contributed by atoms with van der Waals surface area (Å²) in [6.45, 7) is 4.79. The molecular formula is C14H20N2O3. The maximum absolute atomic E-state index is 11.8. The Labute approximate surface area is 113 Å². The molecule has 0 unspecified atom stereocenters. The number of carbonyl (C=O) groups is 1. The highest BCUT2D eigenvalue weighted by Crippen LogP contribution is 2.18. The Bertz CT molecular complexity index is 417. The summed E-state index contributed by atoms with van der Waals surface area (Å²) in [5, 5.41) is 3.31. The lowest BCUT2D eigenvalue weighted by molar-refractivity contribution is 0.0519.